The van der Waals surface area contributed by atoms with Crippen LogP contribution in [0.3, 0.4) is 0 Å². The van der Waals surface area contributed by atoms with Gasteiger partial charge >= 0.3 is 0 Å². The highest BCUT2D eigenvalue weighted by molar-refractivity contribution is 5.92. The van der Waals surface area contributed by atoms with Crippen LogP contribution in [0.15, 0.2) is 54.6 Å². The Morgan fingerprint density at radius 2 is 1.81 bits per heavy atom. The zero-order valence-electron chi connectivity index (χ0n) is 15.1. The Kier molecular flexibility index (Phi) is 5.71. The van der Waals surface area contributed by atoms with E-state index < -0.39 is 4.92 Å². The molecule has 1 saturated heterocycles. The smallest absolute Gasteiger partial charge is 0.296 e. The molecule has 0 spiro atoms. The van der Waals surface area contributed by atoms with Gasteiger partial charge < -0.3 is 14.5 Å². The number of ether oxygens (including phenoxy) is 1. The molecule has 140 valence electrons. The van der Waals surface area contributed by atoms with Crippen molar-refractivity contribution in [3.8, 4) is 5.75 Å². The second kappa shape index (κ2) is 8.35. The standard InChI is InChI=1S/C20H21N3O4/c1-27-17-8-9-18(19(15-17)23(25)26)21-11-13-22(14-12-21)20(24)10-7-16-5-3-2-4-6-16/h2-10,15H,11-14H2,1H3/b10-7+. The first-order chi connectivity index (χ1) is 13.1. The topological polar surface area (TPSA) is 75.9 Å². The van der Waals surface area contributed by atoms with E-state index in [1.165, 1.54) is 13.2 Å². The molecule has 1 amide bonds. The van der Waals surface area contributed by atoms with Gasteiger partial charge in [-0.1, -0.05) is 30.3 Å². The van der Waals surface area contributed by atoms with Crippen molar-refractivity contribution >= 4 is 23.4 Å². The number of nitro groups is 1. The van der Waals surface area contributed by atoms with Gasteiger partial charge in [-0.05, 0) is 23.8 Å². The van der Waals surface area contributed by atoms with E-state index in [0.717, 1.165) is 5.56 Å². The summed E-state index contributed by atoms with van der Waals surface area (Å²) in [6.07, 6.45) is 3.36. The van der Waals surface area contributed by atoms with Gasteiger partial charge in [-0.2, -0.15) is 0 Å². The SMILES string of the molecule is COc1ccc(N2CCN(C(=O)/C=C/c3ccccc3)CC2)c([N+](=O)[O-])c1. The van der Waals surface area contributed by atoms with Gasteiger partial charge in [0.15, 0.2) is 0 Å². The van der Waals surface area contributed by atoms with E-state index in [0.29, 0.717) is 37.6 Å². The van der Waals surface area contributed by atoms with Gasteiger partial charge in [0.1, 0.15) is 11.4 Å². The van der Waals surface area contributed by atoms with E-state index in [1.54, 1.807) is 29.2 Å². The molecule has 0 unspecified atom stereocenters. The van der Waals surface area contributed by atoms with Crippen molar-refractivity contribution in [3.63, 3.8) is 0 Å². The predicted octanol–water partition coefficient (Wildman–Crippen LogP) is 2.97. The van der Waals surface area contributed by atoms with Gasteiger partial charge in [-0.25, -0.2) is 0 Å². The van der Waals surface area contributed by atoms with Gasteiger partial charge in [0, 0.05) is 32.3 Å². The van der Waals surface area contributed by atoms with Crippen molar-refractivity contribution in [2.45, 2.75) is 0 Å². The number of nitrogens with zero attached hydrogens (tertiary/aromatic N) is 3. The third kappa shape index (κ3) is 4.44. The lowest BCUT2D eigenvalue weighted by molar-refractivity contribution is -0.384. The van der Waals surface area contributed by atoms with Crippen LogP contribution in [0.4, 0.5) is 11.4 Å². The molecule has 1 fully saturated rings. The average Bonchev–Trinajstić information content (AvgIpc) is 2.72. The Bertz CT molecular complexity index is 844. The molecule has 1 heterocycles. The summed E-state index contributed by atoms with van der Waals surface area (Å²) in [5.74, 6) is 0.396. The monoisotopic (exact) mass is 367 g/mol. The quantitative estimate of drug-likeness (QED) is 0.461. The molecule has 2 aromatic carbocycles. The Balaban J connectivity index is 1.64. The van der Waals surface area contributed by atoms with Crippen LogP contribution in [0, 0.1) is 10.1 Å². The van der Waals surface area contributed by atoms with E-state index >= 15 is 0 Å². The van der Waals surface area contributed by atoms with E-state index in [4.69, 9.17) is 4.74 Å². The van der Waals surface area contributed by atoms with Crippen LogP contribution in [0.5, 0.6) is 5.75 Å². The van der Waals surface area contributed by atoms with Crippen LogP contribution in [0.2, 0.25) is 0 Å². The normalized spacial score (nSPS) is 14.4. The van der Waals surface area contributed by atoms with Crippen LogP contribution in [-0.2, 0) is 4.79 Å². The number of piperazine rings is 1. The number of anilines is 1. The Morgan fingerprint density at radius 3 is 2.44 bits per heavy atom. The molecule has 0 atom stereocenters. The lowest BCUT2D eigenvalue weighted by Gasteiger charge is -2.35. The Hall–Kier alpha value is -3.35. The summed E-state index contributed by atoms with van der Waals surface area (Å²) in [6, 6.07) is 14.5. The summed E-state index contributed by atoms with van der Waals surface area (Å²) in [4.78, 5) is 27.0. The number of methoxy groups -OCH3 is 1. The fourth-order valence-electron chi connectivity index (χ4n) is 3.05. The molecule has 0 aliphatic carbocycles. The maximum atomic E-state index is 12.4. The van der Waals surface area contributed by atoms with Crippen LogP contribution < -0.4 is 9.64 Å². The number of rotatable bonds is 5. The summed E-state index contributed by atoms with van der Waals surface area (Å²) in [6.45, 7) is 2.11. The third-order valence-corrected chi connectivity index (χ3v) is 4.53. The zero-order chi connectivity index (χ0) is 19.2. The third-order valence-electron chi connectivity index (χ3n) is 4.53. The zero-order valence-corrected chi connectivity index (χ0v) is 15.1. The largest absolute Gasteiger partial charge is 0.496 e. The molecular weight excluding hydrogens is 346 g/mol. The number of carbonyl (C=O) groups excluding carboxylic acids is 1. The van der Waals surface area contributed by atoms with E-state index in [1.807, 2.05) is 35.2 Å². The van der Waals surface area contributed by atoms with Crippen LogP contribution in [-0.4, -0.2) is 49.0 Å². The first-order valence-corrected chi connectivity index (χ1v) is 8.68. The molecular formula is C20H21N3O4. The number of hydrogen-bond acceptors (Lipinski definition) is 5. The highest BCUT2D eigenvalue weighted by Gasteiger charge is 2.25. The highest BCUT2D eigenvalue weighted by atomic mass is 16.6. The van der Waals surface area contributed by atoms with Crippen molar-refractivity contribution in [1.29, 1.82) is 0 Å². The number of nitro benzene ring substituents is 1. The minimum atomic E-state index is -0.405. The summed E-state index contributed by atoms with van der Waals surface area (Å²) >= 11 is 0. The molecule has 1 aliphatic heterocycles. The van der Waals surface area contributed by atoms with E-state index in [-0.39, 0.29) is 11.6 Å². The van der Waals surface area contributed by atoms with Crippen LogP contribution in [0.1, 0.15) is 5.56 Å². The Labute approximate surface area is 157 Å². The second-order valence-electron chi connectivity index (χ2n) is 6.17. The lowest BCUT2D eigenvalue weighted by atomic mass is 10.2. The second-order valence-corrected chi connectivity index (χ2v) is 6.17. The van der Waals surface area contributed by atoms with Crippen molar-refractivity contribution in [1.82, 2.24) is 4.90 Å². The van der Waals surface area contributed by atoms with Crippen LogP contribution in [0.25, 0.3) is 6.08 Å². The van der Waals surface area contributed by atoms with Crippen molar-refractivity contribution in [3.05, 3.63) is 70.3 Å². The molecule has 0 aromatic heterocycles. The van der Waals surface area contributed by atoms with Gasteiger partial charge in [0.05, 0.1) is 18.1 Å². The minimum absolute atomic E-state index is 0.0121. The Morgan fingerprint density at radius 1 is 1.11 bits per heavy atom. The average molecular weight is 367 g/mol. The first kappa shape index (κ1) is 18.4. The molecule has 3 rings (SSSR count). The number of amides is 1. The molecule has 0 saturated carbocycles. The molecule has 2 aromatic rings. The first-order valence-electron chi connectivity index (χ1n) is 8.68. The van der Waals surface area contributed by atoms with Crippen molar-refractivity contribution < 1.29 is 14.5 Å². The number of carbonyl (C=O) groups is 1. The maximum Gasteiger partial charge on any atom is 0.296 e. The van der Waals surface area contributed by atoms with Crippen LogP contribution >= 0.6 is 0 Å². The van der Waals surface area contributed by atoms with Crippen molar-refractivity contribution in [2.24, 2.45) is 0 Å². The van der Waals surface area contributed by atoms with Gasteiger partial charge in [0.2, 0.25) is 5.91 Å². The predicted molar refractivity (Wildman–Crippen MR) is 104 cm³/mol. The minimum Gasteiger partial charge on any atom is -0.496 e. The molecule has 0 N–H and O–H groups in total. The molecule has 1 aliphatic rings. The molecule has 7 nitrogen and oxygen atoms in total. The summed E-state index contributed by atoms with van der Waals surface area (Å²) in [5.41, 5.74) is 1.53. The van der Waals surface area contributed by atoms with E-state index in [9.17, 15) is 14.9 Å². The summed E-state index contributed by atoms with van der Waals surface area (Å²) < 4.78 is 5.08. The number of hydrogen-bond donors (Lipinski definition) is 0. The molecule has 7 heteroatoms. The fraction of sp³-hybridized carbons (Fsp3) is 0.250. The molecule has 0 radical (unpaired) electrons. The van der Waals surface area contributed by atoms with Gasteiger partial charge in [-0.15, -0.1) is 0 Å². The lowest BCUT2D eigenvalue weighted by Crippen LogP contribution is -2.48. The van der Waals surface area contributed by atoms with Crippen molar-refractivity contribution in [2.75, 3.05) is 38.2 Å². The molecule has 27 heavy (non-hydrogen) atoms. The van der Waals surface area contributed by atoms with Gasteiger partial charge in [-0.3, -0.25) is 14.9 Å². The van der Waals surface area contributed by atoms with Gasteiger partial charge in [0.25, 0.3) is 5.69 Å². The molecule has 0 bridgehead atoms. The summed E-state index contributed by atoms with van der Waals surface area (Å²) in [5, 5.41) is 11.4. The maximum absolute atomic E-state index is 12.4. The number of benzene rings is 2. The highest BCUT2D eigenvalue weighted by Crippen LogP contribution is 2.32. The van der Waals surface area contributed by atoms with E-state index in [2.05, 4.69) is 0 Å². The fourth-order valence-corrected chi connectivity index (χ4v) is 3.05. The summed E-state index contributed by atoms with van der Waals surface area (Å²) in [7, 11) is 1.48.